The first-order chi connectivity index (χ1) is 20.7. The van der Waals surface area contributed by atoms with Crippen LogP contribution in [0.3, 0.4) is 0 Å². The zero-order valence-electron chi connectivity index (χ0n) is 26.4. The van der Waals surface area contributed by atoms with Crippen LogP contribution in [0.1, 0.15) is 64.0 Å². The number of aromatic amines is 1. The number of carbonyl (C=O) groups excluding carboxylic acids is 1. The van der Waals surface area contributed by atoms with Gasteiger partial charge in [0.25, 0.3) is 11.5 Å². The Morgan fingerprint density at radius 1 is 1.00 bits per heavy atom. The van der Waals surface area contributed by atoms with Crippen molar-refractivity contribution in [3.05, 3.63) is 86.3 Å². The number of ether oxygens (including phenoxy) is 1. The summed E-state index contributed by atoms with van der Waals surface area (Å²) in [6.45, 7) is 10.4. The van der Waals surface area contributed by atoms with Crippen LogP contribution in [-0.4, -0.2) is 68.3 Å². The van der Waals surface area contributed by atoms with E-state index in [-0.39, 0.29) is 18.0 Å². The molecule has 1 aliphatic carbocycles. The molecule has 0 atom stereocenters. The number of rotatable bonds is 9. The van der Waals surface area contributed by atoms with Crippen molar-refractivity contribution in [3.63, 3.8) is 0 Å². The van der Waals surface area contributed by atoms with Gasteiger partial charge in [-0.1, -0.05) is 24.3 Å². The van der Waals surface area contributed by atoms with Crippen molar-refractivity contribution < 1.29 is 9.53 Å². The molecule has 8 nitrogen and oxygen atoms in total. The number of carbonyl (C=O) groups is 1. The molecule has 1 amide bonds. The zero-order chi connectivity index (χ0) is 30.5. The van der Waals surface area contributed by atoms with Crippen LogP contribution in [0.4, 0.5) is 5.69 Å². The molecule has 1 aliphatic heterocycles. The summed E-state index contributed by atoms with van der Waals surface area (Å²) in [4.78, 5) is 34.0. The highest BCUT2D eigenvalue weighted by Crippen LogP contribution is 2.34. The van der Waals surface area contributed by atoms with Gasteiger partial charge in [0.1, 0.15) is 0 Å². The topological polar surface area (TPSA) is 89.7 Å². The maximum absolute atomic E-state index is 13.8. The fourth-order valence-electron chi connectivity index (χ4n) is 6.60. The van der Waals surface area contributed by atoms with Crippen molar-refractivity contribution in [2.24, 2.45) is 0 Å². The number of aromatic nitrogens is 1. The minimum absolute atomic E-state index is 0.155. The van der Waals surface area contributed by atoms with Crippen LogP contribution >= 0.6 is 0 Å². The van der Waals surface area contributed by atoms with E-state index in [0.29, 0.717) is 23.2 Å². The number of nitrogens with zero attached hydrogens (tertiary/aromatic N) is 2. The molecule has 0 radical (unpaired) electrons. The predicted molar refractivity (Wildman–Crippen MR) is 174 cm³/mol. The minimum Gasteiger partial charge on any atom is -0.379 e. The van der Waals surface area contributed by atoms with Gasteiger partial charge in [0, 0.05) is 67.8 Å². The van der Waals surface area contributed by atoms with Gasteiger partial charge in [0.05, 0.1) is 13.2 Å². The lowest BCUT2D eigenvalue weighted by atomic mass is 9.89. The number of nitrogens with one attached hydrogen (secondary N) is 3. The van der Waals surface area contributed by atoms with Gasteiger partial charge < -0.3 is 25.3 Å². The quantitative estimate of drug-likeness (QED) is 0.338. The normalized spacial score (nSPS) is 19.3. The van der Waals surface area contributed by atoms with Crippen LogP contribution in [0, 0.1) is 20.8 Å². The van der Waals surface area contributed by atoms with E-state index in [1.165, 1.54) is 5.56 Å². The smallest absolute Gasteiger partial charge is 0.253 e. The summed E-state index contributed by atoms with van der Waals surface area (Å²) in [5, 5.41) is 6.48. The lowest BCUT2D eigenvalue weighted by Crippen LogP contribution is -2.40. The molecule has 230 valence electrons. The number of hydrogen-bond donors (Lipinski definition) is 3. The number of anilines is 1. The van der Waals surface area contributed by atoms with Gasteiger partial charge >= 0.3 is 0 Å². The molecule has 8 heteroatoms. The third-order valence-corrected chi connectivity index (χ3v) is 9.37. The molecule has 0 spiro atoms. The summed E-state index contributed by atoms with van der Waals surface area (Å²) >= 11 is 0. The molecule has 1 saturated heterocycles. The molecular formula is C35H47N5O3. The number of H-pyrrole nitrogens is 1. The Bertz CT molecular complexity index is 1470. The first-order valence-corrected chi connectivity index (χ1v) is 15.6. The maximum atomic E-state index is 13.8. The van der Waals surface area contributed by atoms with Crippen LogP contribution < -0.4 is 21.1 Å². The standard InChI is InChI=1S/C35H47N5O3/c1-23-18-24(2)38-35(42)32(23)21-37-34(41)31-19-28(27-8-6-26(7-9-27)22-40-14-16-43-17-15-40)20-33(25(31)3)39(5)30-12-10-29(36-4)11-13-30/h6-9,18-20,29-30,36H,10-17,21-22H2,1-5H3,(H,37,41)(H,38,42)/t29-,30+. The SMILES string of the molecule is CN[C@H]1CC[C@@H](N(C)c2cc(-c3ccc(CN4CCOCC4)cc3)cc(C(=O)NCc3c(C)cc(C)[nH]c3=O)c2C)CC1. The maximum Gasteiger partial charge on any atom is 0.253 e. The Kier molecular flexibility index (Phi) is 10.0. The third kappa shape index (κ3) is 7.37. The van der Waals surface area contributed by atoms with Crippen molar-refractivity contribution in [1.82, 2.24) is 20.5 Å². The van der Waals surface area contributed by atoms with E-state index in [2.05, 4.69) is 62.8 Å². The second kappa shape index (κ2) is 13.9. The molecule has 2 aliphatic rings. The highest BCUT2D eigenvalue weighted by atomic mass is 16.5. The molecule has 2 heterocycles. The number of benzene rings is 2. The predicted octanol–water partition coefficient (Wildman–Crippen LogP) is 4.70. The second-order valence-electron chi connectivity index (χ2n) is 12.3. The van der Waals surface area contributed by atoms with Crippen LogP contribution in [0.15, 0.2) is 47.3 Å². The van der Waals surface area contributed by atoms with Crippen LogP contribution in [0.5, 0.6) is 0 Å². The van der Waals surface area contributed by atoms with Crippen molar-refractivity contribution in [1.29, 1.82) is 0 Å². The molecular weight excluding hydrogens is 538 g/mol. The van der Waals surface area contributed by atoms with Gasteiger partial charge in [-0.3, -0.25) is 14.5 Å². The molecule has 0 unspecified atom stereocenters. The van der Waals surface area contributed by atoms with E-state index < -0.39 is 0 Å². The van der Waals surface area contributed by atoms with E-state index in [9.17, 15) is 9.59 Å². The Morgan fingerprint density at radius 3 is 2.35 bits per heavy atom. The Labute approximate surface area is 255 Å². The first-order valence-electron chi connectivity index (χ1n) is 15.6. The molecule has 43 heavy (non-hydrogen) atoms. The number of hydrogen-bond acceptors (Lipinski definition) is 6. The van der Waals surface area contributed by atoms with Gasteiger partial charge in [-0.15, -0.1) is 0 Å². The largest absolute Gasteiger partial charge is 0.379 e. The van der Waals surface area contributed by atoms with Crippen LogP contribution in [0.25, 0.3) is 11.1 Å². The fourth-order valence-corrected chi connectivity index (χ4v) is 6.60. The molecule has 3 N–H and O–H groups in total. The Balaban J connectivity index is 1.43. The molecule has 3 aromatic rings. The van der Waals surface area contributed by atoms with Crippen LogP contribution in [-0.2, 0) is 17.8 Å². The fraction of sp³-hybridized carbons (Fsp3) is 0.486. The van der Waals surface area contributed by atoms with Crippen molar-refractivity contribution in [3.8, 4) is 11.1 Å². The van der Waals surface area contributed by atoms with Gasteiger partial charge in [-0.05, 0) is 99.5 Å². The Hall–Kier alpha value is -3.46. The van der Waals surface area contributed by atoms with E-state index in [1.807, 2.05) is 40.0 Å². The number of morpholine rings is 1. The summed E-state index contributed by atoms with van der Waals surface area (Å²) in [6.07, 6.45) is 4.51. The minimum atomic E-state index is -0.170. The molecule has 0 bridgehead atoms. The third-order valence-electron chi connectivity index (χ3n) is 9.37. The molecule has 2 fully saturated rings. The van der Waals surface area contributed by atoms with E-state index >= 15 is 0 Å². The highest BCUT2D eigenvalue weighted by molar-refractivity contribution is 5.99. The molecule has 1 aromatic heterocycles. The number of aryl methyl sites for hydroxylation is 2. The molecule has 2 aromatic carbocycles. The lowest BCUT2D eigenvalue weighted by molar-refractivity contribution is 0.0342. The van der Waals surface area contributed by atoms with Gasteiger partial charge in [0.15, 0.2) is 0 Å². The van der Waals surface area contributed by atoms with Crippen LogP contribution in [0.2, 0.25) is 0 Å². The lowest BCUT2D eigenvalue weighted by Gasteiger charge is -2.37. The van der Waals surface area contributed by atoms with E-state index in [0.717, 1.165) is 92.2 Å². The number of pyridine rings is 1. The second-order valence-corrected chi connectivity index (χ2v) is 12.3. The first kappa shape index (κ1) is 31.0. The monoisotopic (exact) mass is 585 g/mol. The summed E-state index contributed by atoms with van der Waals surface area (Å²) in [6, 6.07) is 15.9. The van der Waals surface area contributed by atoms with Gasteiger partial charge in [-0.25, -0.2) is 0 Å². The van der Waals surface area contributed by atoms with Crippen molar-refractivity contribution >= 4 is 11.6 Å². The summed E-state index contributed by atoms with van der Waals surface area (Å²) in [7, 11) is 4.21. The van der Waals surface area contributed by atoms with Crippen molar-refractivity contribution in [2.75, 3.05) is 45.3 Å². The number of amides is 1. The summed E-state index contributed by atoms with van der Waals surface area (Å²) in [5.41, 5.74) is 8.17. The van der Waals surface area contributed by atoms with E-state index in [4.69, 9.17) is 4.74 Å². The summed E-state index contributed by atoms with van der Waals surface area (Å²) in [5.74, 6) is -0.170. The average molecular weight is 586 g/mol. The van der Waals surface area contributed by atoms with Crippen molar-refractivity contribution in [2.45, 2.75) is 71.6 Å². The average Bonchev–Trinajstić information content (AvgIpc) is 3.01. The van der Waals surface area contributed by atoms with Gasteiger partial charge in [-0.2, -0.15) is 0 Å². The zero-order valence-corrected chi connectivity index (χ0v) is 26.4. The van der Waals surface area contributed by atoms with Gasteiger partial charge in [0.2, 0.25) is 0 Å². The summed E-state index contributed by atoms with van der Waals surface area (Å²) < 4.78 is 5.50. The Morgan fingerprint density at radius 2 is 1.70 bits per heavy atom. The molecule has 1 saturated carbocycles. The molecule has 5 rings (SSSR count). The van der Waals surface area contributed by atoms with E-state index in [1.54, 1.807) is 0 Å². The highest BCUT2D eigenvalue weighted by Gasteiger charge is 2.26.